The van der Waals surface area contributed by atoms with Gasteiger partial charge in [0, 0.05) is 55.0 Å². The highest BCUT2D eigenvalue weighted by Crippen LogP contribution is 2.44. The van der Waals surface area contributed by atoms with E-state index >= 15 is 8.78 Å². The number of rotatable bonds is 10. The maximum Gasteiger partial charge on any atom is 0.334 e. The molecule has 0 spiro atoms. The number of anilines is 3. The van der Waals surface area contributed by atoms with Crippen molar-refractivity contribution in [1.82, 2.24) is 20.6 Å². The summed E-state index contributed by atoms with van der Waals surface area (Å²) in [6, 6.07) is 7.64. The third-order valence-corrected chi connectivity index (χ3v) is 6.75. The molecule has 0 bridgehead atoms. The minimum Gasteiger partial charge on any atom is -0.493 e. The summed E-state index contributed by atoms with van der Waals surface area (Å²) >= 11 is 0. The van der Waals surface area contributed by atoms with Gasteiger partial charge in [-0.15, -0.1) is 0 Å². The third kappa shape index (κ3) is 4.91. The fourth-order valence-corrected chi connectivity index (χ4v) is 4.83. The molecule has 0 saturated carbocycles. The molecule has 3 heterocycles. The van der Waals surface area contributed by atoms with E-state index < -0.39 is 29.2 Å². The number of nitrogens with zero attached hydrogens (tertiary/aromatic N) is 3. The zero-order chi connectivity index (χ0) is 28.4. The van der Waals surface area contributed by atoms with Crippen LogP contribution in [0.2, 0.25) is 0 Å². The number of carbonyl (C=O) groups is 1. The van der Waals surface area contributed by atoms with Gasteiger partial charge in [0.1, 0.15) is 17.2 Å². The molecule has 40 heavy (non-hydrogen) atoms. The van der Waals surface area contributed by atoms with Crippen molar-refractivity contribution in [1.29, 1.82) is 0 Å². The van der Waals surface area contributed by atoms with E-state index in [0.717, 1.165) is 29.7 Å². The molecule has 1 aliphatic heterocycles. The Bertz CT molecular complexity index is 1530. The standard InChI is InChI=1S/C28H29F3N6O3/c1-32-9-10-33-8-7-18-12-20-25-16(14-34-27(20)35-18)15-36(28(38)37(25)19-6-4-5-17(29)11-19)26-23(30)21(39-2)13-22(40-3)24(26)31/h4-6,11-14,32-33H,7-10,15H2,1-3H3,(H,34,35). The normalized spacial score (nSPS) is 13.2. The van der Waals surface area contributed by atoms with Gasteiger partial charge in [-0.25, -0.2) is 22.9 Å². The van der Waals surface area contributed by atoms with Crippen molar-refractivity contribution in [2.24, 2.45) is 0 Å². The largest absolute Gasteiger partial charge is 0.493 e. The Morgan fingerprint density at radius 2 is 1.75 bits per heavy atom. The maximum absolute atomic E-state index is 15.5. The first-order valence-corrected chi connectivity index (χ1v) is 12.7. The summed E-state index contributed by atoms with van der Waals surface area (Å²) in [6.45, 7) is 2.17. The molecular weight excluding hydrogens is 525 g/mol. The fourth-order valence-electron chi connectivity index (χ4n) is 4.83. The number of likely N-dealkylation sites (N-methyl/N-ethyl adjacent to an activating group) is 1. The number of ether oxygens (including phenoxy) is 2. The van der Waals surface area contributed by atoms with Crippen molar-refractivity contribution in [2.75, 3.05) is 50.7 Å². The van der Waals surface area contributed by atoms with Crippen molar-refractivity contribution in [2.45, 2.75) is 13.0 Å². The van der Waals surface area contributed by atoms with E-state index in [-0.39, 0.29) is 23.7 Å². The number of aromatic nitrogens is 2. The number of aromatic amines is 1. The lowest BCUT2D eigenvalue weighted by Crippen LogP contribution is -2.46. The SMILES string of the molecule is CNCCNCCc1cc2c3c(cnc2[nH]1)CN(c1c(F)c(OC)cc(OC)c1F)C(=O)N3c1cccc(F)c1. The van der Waals surface area contributed by atoms with Crippen molar-refractivity contribution in [3.05, 3.63) is 71.3 Å². The second-order valence-corrected chi connectivity index (χ2v) is 9.23. The molecule has 3 N–H and O–H groups in total. The minimum absolute atomic E-state index is 0.190. The molecule has 0 radical (unpaired) electrons. The molecule has 2 aromatic carbocycles. The highest BCUT2D eigenvalue weighted by atomic mass is 19.1. The highest BCUT2D eigenvalue weighted by molar-refractivity contribution is 6.15. The molecule has 2 amide bonds. The number of fused-ring (bicyclic) bond motifs is 3. The molecule has 0 saturated heterocycles. The molecule has 210 valence electrons. The Kier molecular flexibility index (Phi) is 7.81. The average Bonchev–Trinajstić information content (AvgIpc) is 3.37. The van der Waals surface area contributed by atoms with Crippen LogP contribution in [0.5, 0.6) is 11.5 Å². The molecule has 2 aromatic heterocycles. The quantitative estimate of drug-likeness (QED) is 0.248. The predicted octanol–water partition coefficient (Wildman–Crippen LogP) is 4.63. The van der Waals surface area contributed by atoms with Crippen LogP contribution in [0.3, 0.4) is 0 Å². The first kappa shape index (κ1) is 27.3. The number of pyridine rings is 1. The first-order chi connectivity index (χ1) is 19.4. The van der Waals surface area contributed by atoms with Gasteiger partial charge in [-0.2, -0.15) is 0 Å². The number of amides is 2. The maximum atomic E-state index is 15.5. The van der Waals surface area contributed by atoms with Gasteiger partial charge in [-0.1, -0.05) is 6.07 Å². The minimum atomic E-state index is -1.07. The second kappa shape index (κ2) is 11.4. The summed E-state index contributed by atoms with van der Waals surface area (Å²) in [5.74, 6) is -3.30. The van der Waals surface area contributed by atoms with Crippen LogP contribution in [0, 0.1) is 17.5 Å². The van der Waals surface area contributed by atoms with E-state index in [0.29, 0.717) is 35.2 Å². The van der Waals surface area contributed by atoms with E-state index in [4.69, 9.17) is 9.47 Å². The van der Waals surface area contributed by atoms with E-state index in [9.17, 15) is 9.18 Å². The average molecular weight is 555 g/mol. The van der Waals surface area contributed by atoms with E-state index in [2.05, 4.69) is 20.6 Å². The lowest BCUT2D eigenvalue weighted by atomic mass is 10.1. The van der Waals surface area contributed by atoms with Crippen LogP contribution in [0.15, 0.2) is 42.6 Å². The summed E-state index contributed by atoms with van der Waals surface area (Å²) in [7, 11) is 4.34. The Balaban J connectivity index is 1.64. The molecule has 5 rings (SSSR count). The van der Waals surface area contributed by atoms with E-state index in [1.54, 1.807) is 12.3 Å². The van der Waals surface area contributed by atoms with Gasteiger partial charge >= 0.3 is 6.03 Å². The summed E-state index contributed by atoms with van der Waals surface area (Å²) in [4.78, 5) is 24.1. The van der Waals surface area contributed by atoms with Crippen molar-refractivity contribution in [3.8, 4) is 11.5 Å². The van der Waals surface area contributed by atoms with E-state index in [1.807, 2.05) is 13.1 Å². The predicted molar refractivity (Wildman–Crippen MR) is 146 cm³/mol. The summed E-state index contributed by atoms with van der Waals surface area (Å²) in [6.07, 6.45) is 2.22. The van der Waals surface area contributed by atoms with Crippen LogP contribution in [-0.2, 0) is 13.0 Å². The number of methoxy groups -OCH3 is 2. The molecule has 1 aliphatic rings. The molecule has 0 atom stereocenters. The van der Waals surface area contributed by atoms with Gasteiger partial charge in [0.2, 0.25) is 0 Å². The summed E-state index contributed by atoms with van der Waals surface area (Å²) in [5, 5.41) is 7.04. The second-order valence-electron chi connectivity index (χ2n) is 9.23. The topological polar surface area (TPSA) is 94.8 Å². The van der Waals surface area contributed by atoms with Gasteiger partial charge in [0.25, 0.3) is 0 Å². The Labute approximate surface area is 228 Å². The van der Waals surface area contributed by atoms with Crippen LogP contribution >= 0.6 is 0 Å². The molecule has 9 nitrogen and oxygen atoms in total. The lowest BCUT2D eigenvalue weighted by molar-refractivity contribution is 0.251. The monoisotopic (exact) mass is 554 g/mol. The number of benzene rings is 2. The number of hydrogen-bond acceptors (Lipinski definition) is 6. The number of H-pyrrole nitrogens is 1. The molecule has 4 aromatic rings. The molecule has 0 unspecified atom stereocenters. The number of urea groups is 1. The van der Waals surface area contributed by atoms with Crippen molar-refractivity contribution >= 4 is 34.1 Å². The van der Waals surface area contributed by atoms with Gasteiger partial charge in [0.05, 0.1) is 32.1 Å². The van der Waals surface area contributed by atoms with Gasteiger partial charge < -0.3 is 25.1 Å². The Morgan fingerprint density at radius 1 is 1.00 bits per heavy atom. The van der Waals surface area contributed by atoms with Crippen LogP contribution < -0.4 is 29.9 Å². The molecule has 0 fully saturated rings. The van der Waals surface area contributed by atoms with Gasteiger partial charge in [0.15, 0.2) is 23.1 Å². The van der Waals surface area contributed by atoms with Crippen molar-refractivity contribution in [3.63, 3.8) is 0 Å². The Hall–Kier alpha value is -4.29. The van der Waals surface area contributed by atoms with Crippen molar-refractivity contribution < 1.29 is 27.4 Å². The fraction of sp³-hybridized carbons (Fsp3) is 0.286. The summed E-state index contributed by atoms with van der Waals surface area (Å²) in [5.41, 5.74) is 1.93. The highest BCUT2D eigenvalue weighted by Gasteiger charge is 2.38. The number of hydrogen-bond donors (Lipinski definition) is 3. The first-order valence-electron chi connectivity index (χ1n) is 12.7. The zero-order valence-electron chi connectivity index (χ0n) is 22.3. The Morgan fingerprint density at radius 3 is 2.42 bits per heavy atom. The van der Waals surface area contributed by atoms with E-state index in [1.165, 1.54) is 37.3 Å². The zero-order valence-corrected chi connectivity index (χ0v) is 22.3. The van der Waals surface area contributed by atoms with Crippen LogP contribution in [0.4, 0.5) is 35.0 Å². The van der Waals surface area contributed by atoms with Gasteiger partial charge in [-0.05, 0) is 31.3 Å². The summed E-state index contributed by atoms with van der Waals surface area (Å²) < 4.78 is 55.5. The third-order valence-electron chi connectivity index (χ3n) is 6.75. The molecule has 12 heteroatoms. The number of carbonyl (C=O) groups excluding carboxylic acids is 1. The van der Waals surface area contributed by atoms with Crippen LogP contribution in [0.25, 0.3) is 11.0 Å². The van der Waals surface area contributed by atoms with Crippen LogP contribution in [-0.4, -0.2) is 56.9 Å². The van der Waals surface area contributed by atoms with Crippen LogP contribution in [0.1, 0.15) is 11.3 Å². The van der Waals surface area contributed by atoms with Gasteiger partial charge in [-0.3, -0.25) is 9.80 Å². The molecule has 0 aliphatic carbocycles. The smallest absolute Gasteiger partial charge is 0.334 e. The number of nitrogens with one attached hydrogen (secondary N) is 3. The lowest BCUT2D eigenvalue weighted by Gasteiger charge is -2.37. The molecular formula is C28H29F3N6O3. The number of halogens is 3.